The summed E-state index contributed by atoms with van der Waals surface area (Å²) in [5, 5.41) is 2.79. The number of benzene rings is 2. The third kappa shape index (κ3) is 5.50. The van der Waals surface area contributed by atoms with Crippen molar-refractivity contribution in [3.8, 4) is 11.5 Å². The van der Waals surface area contributed by atoms with Gasteiger partial charge in [-0.15, -0.1) is 0 Å². The van der Waals surface area contributed by atoms with Gasteiger partial charge in [-0.25, -0.2) is 8.42 Å². The second-order valence-corrected chi connectivity index (χ2v) is 8.63. The Hall–Kier alpha value is -3.07. The molecular formula is C21H25NO7S. The maximum atomic E-state index is 12.7. The van der Waals surface area contributed by atoms with E-state index in [0.717, 1.165) is 0 Å². The van der Waals surface area contributed by atoms with Crippen molar-refractivity contribution >= 4 is 21.7 Å². The normalized spacial score (nSPS) is 12.0. The second kappa shape index (κ2) is 10.1. The average Bonchev–Trinajstić information content (AvgIpc) is 2.77. The van der Waals surface area contributed by atoms with E-state index in [2.05, 4.69) is 5.32 Å². The Kier molecular flexibility index (Phi) is 7.82. The van der Waals surface area contributed by atoms with Crippen LogP contribution in [0.2, 0.25) is 0 Å². The van der Waals surface area contributed by atoms with Gasteiger partial charge in [-0.1, -0.05) is 13.0 Å². The number of carbonyl (C=O) groups excluding carboxylic acids is 2. The number of hydrogen-bond donors (Lipinski definition) is 1. The van der Waals surface area contributed by atoms with Gasteiger partial charge in [0.2, 0.25) is 0 Å². The van der Waals surface area contributed by atoms with Crippen LogP contribution in [0.1, 0.15) is 35.3 Å². The SMILES string of the molecule is CCS(=O)(=O)c1ccc(C(=O)NC(CC(=O)OC)c2ccc(OC)c(OC)c2)cc1. The Bertz CT molecular complexity index is 1000. The number of rotatable bonds is 9. The lowest BCUT2D eigenvalue weighted by Gasteiger charge is -2.20. The van der Waals surface area contributed by atoms with E-state index in [1.54, 1.807) is 25.1 Å². The smallest absolute Gasteiger partial charge is 0.307 e. The topological polar surface area (TPSA) is 108 Å². The first-order valence-electron chi connectivity index (χ1n) is 9.18. The highest BCUT2D eigenvalue weighted by atomic mass is 32.2. The van der Waals surface area contributed by atoms with Gasteiger partial charge in [-0.2, -0.15) is 0 Å². The molecule has 162 valence electrons. The third-order valence-corrected chi connectivity index (χ3v) is 6.32. The Labute approximate surface area is 176 Å². The molecule has 2 rings (SSSR count). The van der Waals surface area contributed by atoms with Gasteiger partial charge in [0.1, 0.15) is 0 Å². The van der Waals surface area contributed by atoms with E-state index in [4.69, 9.17) is 14.2 Å². The van der Waals surface area contributed by atoms with Crippen LogP contribution in [0.5, 0.6) is 11.5 Å². The maximum Gasteiger partial charge on any atom is 0.307 e. The summed E-state index contributed by atoms with van der Waals surface area (Å²) in [6, 6.07) is 10.0. The van der Waals surface area contributed by atoms with E-state index in [1.165, 1.54) is 45.6 Å². The Balaban J connectivity index is 2.30. The summed E-state index contributed by atoms with van der Waals surface area (Å²) in [5.74, 6) is -0.0251. The molecule has 30 heavy (non-hydrogen) atoms. The Morgan fingerprint density at radius 3 is 2.13 bits per heavy atom. The van der Waals surface area contributed by atoms with Crippen LogP contribution in [0.4, 0.5) is 0 Å². The van der Waals surface area contributed by atoms with E-state index in [9.17, 15) is 18.0 Å². The Morgan fingerprint density at radius 2 is 1.60 bits per heavy atom. The van der Waals surface area contributed by atoms with Crippen LogP contribution in [-0.2, 0) is 19.4 Å². The summed E-state index contributed by atoms with van der Waals surface area (Å²) in [4.78, 5) is 24.8. The van der Waals surface area contributed by atoms with Gasteiger partial charge in [0.25, 0.3) is 5.91 Å². The zero-order valence-electron chi connectivity index (χ0n) is 17.3. The molecule has 0 aliphatic carbocycles. The molecular weight excluding hydrogens is 410 g/mol. The summed E-state index contributed by atoms with van der Waals surface area (Å²) in [5.41, 5.74) is 0.886. The molecule has 2 aromatic carbocycles. The molecule has 9 heteroatoms. The molecule has 1 amide bonds. The fraction of sp³-hybridized carbons (Fsp3) is 0.333. The van der Waals surface area contributed by atoms with Gasteiger partial charge in [0, 0.05) is 5.56 Å². The number of carbonyl (C=O) groups is 2. The van der Waals surface area contributed by atoms with Crippen LogP contribution < -0.4 is 14.8 Å². The number of nitrogens with one attached hydrogen (secondary N) is 1. The minimum Gasteiger partial charge on any atom is -0.493 e. The second-order valence-electron chi connectivity index (χ2n) is 6.35. The molecule has 0 aliphatic heterocycles. The van der Waals surface area contributed by atoms with Crippen molar-refractivity contribution in [1.29, 1.82) is 0 Å². The Morgan fingerprint density at radius 1 is 0.967 bits per heavy atom. The van der Waals surface area contributed by atoms with Crippen LogP contribution in [-0.4, -0.2) is 47.4 Å². The molecule has 0 saturated carbocycles. The molecule has 0 radical (unpaired) electrons. The molecule has 0 saturated heterocycles. The molecule has 0 bridgehead atoms. The highest BCUT2D eigenvalue weighted by molar-refractivity contribution is 7.91. The number of hydrogen-bond acceptors (Lipinski definition) is 7. The highest BCUT2D eigenvalue weighted by Crippen LogP contribution is 2.31. The summed E-state index contributed by atoms with van der Waals surface area (Å²) >= 11 is 0. The summed E-state index contributed by atoms with van der Waals surface area (Å²) < 4.78 is 39.1. The molecule has 0 heterocycles. The van der Waals surface area contributed by atoms with Crippen LogP contribution in [0.3, 0.4) is 0 Å². The van der Waals surface area contributed by atoms with Crippen LogP contribution in [0.15, 0.2) is 47.4 Å². The first kappa shape index (κ1) is 23.2. The summed E-state index contributed by atoms with van der Waals surface area (Å²) in [7, 11) is 0.903. The van der Waals surface area contributed by atoms with Crippen molar-refractivity contribution in [2.75, 3.05) is 27.1 Å². The number of sulfone groups is 1. The number of methoxy groups -OCH3 is 3. The maximum absolute atomic E-state index is 12.7. The molecule has 0 spiro atoms. The van der Waals surface area contributed by atoms with Gasteiger partial charge >= 0.3 is 5.97 Å². The molecule has 0 aliphatic rings. The fourth-order valence-corrected chi connectivity index (χ4v) is 3.68. The number of ether oxygens (including phenoxy) is 3. The lowest BCUT2D eigenvalue weighted by atomic mass is 10.0. The average molecular weight is 435 g/mol. The summed E-state index contributed by atoms with van der Waals surface area (Å²) in [6.45, 7) is 1.55. The minimum atomic E-state index is -3.36. The van der Waals surface area contributed by atoms with Gasteiger partial charge in [0.15, 0.2) is 21.3 Å². The van der Waals surface area contributed by atoms with Crippen molar-refractivity contribution in [2.24, 2.45) is 0 Å². The predicted molar refractivity (Wildman–Crippen MR) is 111 cm³/mol. The van der Waals surface area contributed by atoms with Gasteiger partial charge in [-0.3, -0.25) is 9.59 Å². The molecule has 2 aromatic rings. The van der Waals surface area contributed by atoms with Crippen molar-refractivity contribution in [3.63, 3.8) is 0 Å². The lowest BCUT2D eigenvalue weighted by Crippen LogP contribution is -2.30. The predicted octanol–water partition coefficient (Wildman–Crippen LogP) is 2.53. The van der Waals surface area contributed by atoms with Crippen molar-refractivity contribution in [1.82, 2.24) is 5.32 Å². The minimum absolute atomic E-state index is 0.0287. The van der Waals surface area contributed by atoms with Gasteiger partial charge in [0.05, 0.1) is 44.4 Å². The lowest BCUT2D eigenvalue weighted by molar-refractivity contribution is -0.141. The van der Waals surface area contributed by atoms with E-state index in [-0.39, 0.29) is 22.6 Å². The zero-order valence-corrected chi connectivity index (χ0v) is 18.1. The van der Waals surface area contributed by atoms with E-state index in [1.807, 2.05) is 0 Å². The molecule has 0 aromatic heterocycles. The van der Waals surface area contributed by atoms with Gasteiger partial charge < -0.3 is 19.5 Å². The van der Waals surface area contributed by atoms with Crippen molar-refractivity contribution in [2.45, 2.75) is 24.3 Å². The van der Waals surface area contributed by atoms with E-state index < -0.39 is 27.8 Å². The molecule has 0 fully saturated rings. The number of esters is 1. The van der Waals surface area contributed by atoms with Crippen LogP contribution in [0, 0.1) is 0 Å². The monoisotopic (exact) mass is 435 g/mol. The fourth-order valence-electron chi connectivity index (χ4n) is 2.79. The van der Waals surface area contributed by atoms with Crippen molar-refractivity contribution < 1.29 is 32.2 Å². The first-order chi connectivity index (χ1) is 14.2. The first-order valence-corrected chi connectivity index (χ1v) is 10.8. The zero-order chi connectivity index (χ0) is 22.3. The van der Waals surface area contributed by atoms with E-state index >= 15 is 0 Å². The molecule has 1 unspecified atom stereocenters. The molecule has 1 atom stereocenters. The summed E-state index contributed by atoms with van der Waals surface area (Å²) in [6.07, 6.45) is -0.0972. The van der Waals surface area contributed by atoms with E-state index in [0.29, 0.717) is 17.1 Å². The third-order valence-electron chi connectivity index (χ3n) is 4.57. The largest absolute Gasteiger partial charge is 0.493 e. The van der Waals surface area contributed by atoms with Crippen molar-refractivity contribution in [3.05, 3.63) is 53.6 Å². The quantitative estimate of drug-likeness (QED) is 0.603. The number of amides is 1. The van der Waals surface area contributed by atoms with Crippen LogP contribution >= 0.6 is 0 Å². The van der Waals surface area contributed by atoms with Gasteiger partial charge in [-0.05, 0) is 42.0 Å². The molecule has 8 nitrogen and oxygen atoms in total. The molecule has 1 N–H and O–H groups in total. The van der Waals surface area contributed by atoms with Crippen LogP contribution in [0.25, 0.3) is 0 Å². The standard InChI is InChI=1S/C21H25NO7S/c1-5-30(25,26)16-9-6-14(7-10-16)21(24)22-17(13-20(23)29-4)15-8-11-18(27-2)19(12-15)28-3/h6-12,17H,5,13H2,1-4H3,(H,22,24). The highest BCUT2D eigenvalue weighted by Gasteiger charge is 2.22.